The van der Waals surface area contributed by atoms with Gasteiger partial charge in [0.05, 0.1) is 12.2 Å². The minimum Gasteiger partial charge on any atom is -0.477 e. The Morgan fingerprint density at radius 3 is 2.73 bits per heavy atom. The van der Waals surface area contributed by atoms with Crippen LogP contribution in [0, 0.1) is 0 Å². The molecule has 1 aromatic heterocycles. The Morgan fingerprint density at radius 2 is 2.13 bits per heavy atom. The van der Waals surface area contributed by atoms with Gasteiger partial charge in [-0.1, -0.05) is 20.3 Å². The highest BCUT2D eigenvalue weighted by Crippen LogP contribution is 2.22. The number of nitrogens with zero attached hydrogens (tertiary/aromatic N) is 2. The molecule has 0 aromatic carbocycles. The van der Waals surface area contributed by atoms with Crippen molar-refractivity contribution in [1.29, 1.82) is 0 Å². The molecule has 84 valence electrons. The van der Waals surface area contributed by atoms with E-state index < -0.39 is 0 Å². The number of ether oxygens (including phenoxy) is 1. The van der Waals surface area contributed by atoms with Gasteiger partial charge < -0.3 is 10.2 Å². The van der Waals surface area contributed by atoms with Gasteiger partial charge in [-0.15, -0.1) is 0 Å². The molecule has 0 fully saturated rings. The van der Waals surface area contributed by atoms with Crippen LogP contribution in [-0.4, -0.2) is 16.6 Å². The topological polar surface area (TPSA) is 73.1 Å². The summed E-state index contributed by atoms with van der Waals surface area (Å²) in [7, 11) is 0. The number of anilines is 1. The lowest BCUT2D eigenvalue weighted by Gasteiger charge is -2.11. The van der Waals surface area contributed by atoms with Crippen LogP contribution in [0.15, 0.2) is 6.33 Å². The molecule has 5 nitrogen and oxygen atoms in total. The Kier molecular flexibility index (Phi) is 4.83. The van der Waals surface area contributed by atoms with Crippen LogP contribution in [0.5, 0.6) is 5.88 Å². The van der Waals surface area contributed by atoms with E-state index in [0.29, 0.717) is 18.3 Å². The van der Waals surface area contributed by atoms with E-state index in [4.69, 9.17) is 10.6 Å². The summed E-state index contributed by atoms with van der Waals surface area (Å²) in [5.41, 5.74) is 3.52. The van der Waals surface area contributed by atoms with Gasteiger partial charge in [0.2, 0.25) is 5.88 Å². The Morgan fingerprint density at radius 1 is 1.33 bits per heavy atom. The van der Waals surface area contributed by atoms with Crippen molar-refractivity contribution in [3.05, 3.63) is 11.9 Å². The first kappa shape index (κ1) is 11.7. The zero-order chi connectivity index (χ0) is 11.1. The van der Waals surface area contributed by atoms with Crippen LogP contribution in [0.2, 0.25) is 0 Å². The van der Waals surface area contributed by atoms with Crippen molar-refractivity contribution in [2.24, 2.45) is 5.84 Å². The molecular formula is C10H18N4O. The first-order chi connectivity index (χ1) is 7.33. The minimum absolute atomic E-state index is 0.640. The molecule has 0 atom stereocenters. The van der Waals surface area contributed by atoms with Gasteiger partial charge >= 0.3 is 0 Å². The minimum atomic E-state index is 0.640. The van der Waals surface area contributed by atoms with Gasteiger partial charge in [0.15, 0.2) is 0 Å². The van der Waals surface area contributed by atoms with E-state index in [9.17, 15) is 0 Å². The van der Waals surface area contributed by atoms with Crippen LogP contribution in [-0.2, 0) is 6.42 Å². The van der Waals surface area contributed by atoms with Crippen molar-refractivity contribution in [3.8, 4) is 5.88 Å². The van der Waals surface area contributed by atoms with E-state index in [0.717, 1.165) is 24.8 Å². The second kappa shape index (κ2) is 6.19. The summed E-state index contributed by atoms with van der Waals surface area (Å²) in [5.74, 6) is 6.67. The maximum atomic E-state index is 5.53. The molecule has 1 rings (SSSR count). The number of nitrogen functional groups attached to an aromatic ring is 1. The summed E-state index contributed by atoms with van der Waals surface area (Å²) in [6.45, 7) is 4.82. The summed E-state index contributed by atoms with van der Waals surface area (Å²) >= 11 is 0. The van der Waals surface area contributed by atoms with Crippen LogP contribution < -0.4 is 16.0 Å². The molecule has 0 saturated carbocycles. The first-order valence-electron chi connectivity index (χ1n) is 5.26. The van der Waals surface area contributed by atoms with Crippen molar-refractivity contribution >= 4 is 5.82 Å². The highest BCUT2D eigenvalue weighted by molar-refractivity contribution is 5.47. The van der Waals surface area contributed by atoms with Gasteiger partial charge in [0.1, 0.15) is 12.1 Å². The average Bonchev–Trinajstić information content (AvgIpc) is 2.28. The van der Waals surface area contributed by atoms with E-state index >= 15 is 0 Å². The van der Waals surface area contributed by atoms with Gasteiger partial charge in [-0.05, 0) is 12.8 Å². The van der Waals surface area contributed by atoms with Crippen LogP contribution in [0.1, 0.15) is 32.3 Å². The molecule has 0 unspecified atom stereocenters. The zero-order valence-corrected chi connectivity index (χ0v) is 9.29. The predicted octanol–water partition coefficient (Wildman–Crippen LogP) is 1.50. The molecule has 1 aromatic rings. The Bertz CT molecular complexity index is 303. The van der Waals surface area contributed by atoms with E-state index in [2.05, 4.69) is 29.2 Å². The lowest BCUT2D eigenvalue weighted by molar-refractivity contribution is 0.301. The van der Waals surface area contributed by atoms with Gasteiger partial charge in [0.25, 0.3) is 0 Å². The third kappa shape index (κ3) is 3.06. The molecule has 0 spiro atoms. The molecule has 0 aliphatic carbocycles. The zero-order valence-electron chi connectivity index (χ0n) is 9.29. The van der Waals surface area contributed by atoms with Crippen molar-refractivity contribution in [2.75, 3.05) is 12.0 Å². The summed E-state index contributed by atoms with van der Waals surface area (Å²) < 4.78 is 5.53. The normalized spacial score (nSPS) is 10.1. The largest absolute Gasteiger partial charge is 0.477 e. The van der Waals surface area contributed by atoms with Gasteiger partial charge in [-0.2, -0.15) is 0 Å². The molecule has 0 bridgehead atoms. The van der Waals surface area contributed by atoms with Crippen molar-refractivity contribution in [1.82, 2.24) is 9.97 Å². The summed E-state index contributed by atoms with van der Waals surface area (Å²) in [6.07, 6.45) is 4.28. The number of rotatable bonds is 6. The number of hydrogen-bond acceptors (Lipinski definition) is 5. The number of aromatic nitrogens is 2. The van der Waals surface area contributed by atoms with Crippen molar-refractivity contribution in [2.45, 2.75) is 33.1 Å². The van der Waals surface area contributed by atoms with Crippen LogP contribution in [0.25, 0.3) is 0 Å². The second-order valence-electron chi connectivity index (χ2n) is 3.25. The third-order valence-electron chi connectivity index (χ3n) is 1.99. The fraction of sp³-hybridized carbons (Fsp3) is 0.600. The molecule has 3 N–H and O–H groups in total. The smallest absolute Gasteiger partial charge is 0.221 e. The number of hydrazine groups is 1. The Hall–Kier alpha value is -1.36. The maximum Gasteiger partial charge on any atom is 0.221 e. The molecule has 15 heavy (non-hydrogen) atoms. The van der Waals surface area contributed by atoms with E-state index in [-0.39, 0.29) is 0 Å². The highest BCUT2D eigenvalue weighted by atomic mass is 16.5. The maximum absolute atomic E-state index is 5.53. The second-order valence-corrected chi connectivity index (χ2v) is 3.25. The molecule has 1 heterocycles. The fourth-order valence-electron chi connectivity index (χ4n) is 1.32. The van der Waals surface area contributed by atoms with Crippen LogP contribution in [0.4, 0.5) is 5.82 Å². The Labute approximate surface area is 90.0 Å². The molecule has 0 saturated heterocycles. The van der Waals surface area contributed by atoms with E-state index in [1.165, 1.54) is 6.33 Å². The molecule has 0 aliphatic rings. The molecule has 0 radical (unpaired) electrons. The number of nitrogens with two attached hydrogens (primary N) is 1. The monoisotopic (exact) mass is 210 g/mol. The van der Waals surface area contributed by atoms with Crippen molar-refractivity contribution < 1.29 is 4.74 Å². The van der Waals surface area contributed by atoms with Gasteiger partial charge in [-0.3, -0.25) is 0 Å². The molecule has 5 heteroatoms. The molecule has 0 aliphatic heterocycles. The number of hydrogen-bond donors (Lipinski definition) is 2. The standard InChI is InChI=1S/C10H18N4O/c1-3-5-8-9(14-11)12-7-13-10(8)15-6-4-2/h7H,3-6,11H2,1-2H3,(H,12,13,14). The van der Waals surface area contributed by atoms with Gasteiger partial charge in [0, 0.05) is 0 Å². The SMILES string of the molecule is CCCOc1ncnc(NN)c1CCC. The first-order valence-corrected chi connectivity index (χ1v) is 5.26. The predicted molar refractivity (Wildman–Crippen MR) is 59.6 cm³/mol. The molecule has 0 amide bonds. The highest BCUT2D eigenvalue weighted by Gasteiger charge is 2.10. The van der Waals surface area contributed by atoms with Gasteiger partial charge in [-0.25, -0.2) is 15.8 Å². The number of nitrogens with one attached hydrogen (secondary N) is 1. The van der Waals surface area contributed by atoms with Crippen LogP contribution >= 0.6 is 0 Å². The van der Waals surface area contributed by atoms with Crippen LogP contribution in [0.3, 0.4) is 0 Å². The third-order valence-corrected chi connectivity index (χ3v) is 1.99. The lowest BCUT2D eigenvalue weighted by Crippen LogP contribution is -2.13. The summed E-state index contributed by atoms with van der Waals surface area (Å²) in [5, 5.41) is 0. The summed E-state index contributed by atoms with van der Waals surface area (Å²) in [4.78, 5) is 8.17. The lowest BCUT2D eigenvalue weighted by atomic mass is 10.2. The van der Waals surface area contributed by atoms with E-state index in [1.807, 2.05) is 0 Å². The fourth-order valence-corrected chi connectivity index (χ4v) is 1.32. The van der Waals surface area contributed by atoms with Crippen molar-refractivity contribution in [3.63, 3.8) is 0 Å². The average molecular weight is 210 g/mol. The Balaban J connectivity index is 2.90. The van der Waals surface area contributed by atoms with E-state index in [1.54, 1.807) is 0 Å². The summed E-state index contributed by atoms with van der Waals surface area (Å²) in [6, 6.07) is 0. The molecular weight excluding hydrogens is 192 g/mol. The quantitative estimate of drug-likeness (QED) is 0.550.